The van der Waals surface area contributed by atoms with Crippen LogP contribution in [0.3, 0.4) is 0 Å². The van der Waals surface area contributed by atoms with E-state index < -0.39 is 0 Å². The predicted octanol–water partition coefficient (Wildman–Crippen LogP) is 0.794. The molecule has 13 heavy (non-hydrogen) atoms. The van der Waals surface area contributed by atoms with Crippen molar-refractivity contribution in [2.75, 3.05) is 0 Å². The second kappa shape index (κ2) is 3.71. The van der Waals surface area contributed by atoms with Crippen molar-refractivity contribution in [2.24, 2.45) is 16.5 Å². The normalized spacial score (nSPS) is 9.31. The molecular weight excluding hydrogens is 166 g/mol. The van der Waals surface area contributed by atoms with Crippen LogP contribution in [0.2, 0.25) is 0 Å². The molecule has 4 N–H and O–H groups in total. The summed E-state index contributed by atoms with van der Waals surface area (Å²) in [6, 6.07) is 6.82. The van der Waals surface area contributed by atoms with E-state index in [4.69, 9.17) is 11.5 Å². The quantitative estimate of drug-likeness (QED) is 0.398. The molecule has 1 aromatic rings. The molecular formula is C9H11N3O. The van der Waals surface area contributed by atoms with Crippen LogP contribution in [0, 0.1) is 0 Å². The number of ketones is 1. The summed E-state index contributed by atoms with van der Waals surface area (Å²) < 4.78 is 0. The number of nitrogens with two attached hydrogens (primary N) is 2. The minimum atomic E-state index is -0.0132. The van der Waals surface area contributed by atoms with Gasteiger partial charge in [0.1, 0.15) is 0 Å². The predicted molar refractivity (Wildman–Crippen MR) is 51.9 cm³/mol. The molecule has 0 aromatic heterocycles. The molecule has 0 radical (unpaired) electrons. The lowest BCUT2D eigenvalue weighted by Crippen LogP contribution is -2.21. The van der Waals surface area contributed by atoms with Crippen LogP contribution in [0.5, 0.6) is 0 Å². The Hall–Kier alpha value is -1.84. The zero-order valence-corrected chi connectivity index (χ0v) is 7.32. The number of hydrogen-bond acceptors (Lipinski definition) is 2. The molecule has 0 fully saturated rings. The largest absolute Gasteiger partial charge is 0.370 e. The summed E-state index contributed by atoms with van der Waals surface area (Å²) in [4.78, 5) is 14.8. The lowest BCUT2D eigenvalue weighted by molar-refractivity contribution is 0.101. The highest BCUT2D eigenvalue weighted by atomic mass is 16.1. The van der Waals surface area contributed by atoms with Gasteiger partial charge in [-0.3, -0.25) is 4.79 Å². The number of Topliss-reactive ketones (excluding diaryl/α,β-unsaturated/α-hetero) is 1. The third kappa shape index (κ3) is 2.59. The van der Waals surface area contributed by atoms with Gasteiger partial charge < -0.3 is 11.5 Å². The third-order valence-electron chi connectivity index (χ3n) is 1.51. The lowest BCUT2D eigenvalue weighted by atomic mass is 10.1. The molecule has 0 saturated heterocycles. The minimum absolute atomic E-state index is 0.00681. The molecule has 68 valence electrons. The van der Waals surface area contributed by atoms with Crippen LogP contribution < -0.4 is 11.5 Å². The summed E-state index contributed by atoms with van der Waals surface area (Å²) in [7, 11) is 0. The average Bonchev–Trinajstić information content (AvgIpc) is 2.03. The Labute approximate surface area is 76.3 Å². The Morgan fingerprint density at radius 3 is 2.62 bits per heavy atom. The summed E-state index contributed by atoms with van der Waals surface area (Å²) in [5.74, 6) is -0.0201. The van der Waals surface area contributed by atoms with Crippen LogP contribution in [0.25, 0.3) is 0 Å². The number of nitrogens with zero attached hydrogens (tertiary/aromatic N) is 1. The Bertz CT molecular complexity index is 354. The monoisotopic (exact) mass is 177 g/mol. The highest BCUT2D eigenvalue weighted by Crippen LogP contribution is 2.13. The summed E-state index contributed by atoms with van der Waals surface area (Å²) in [6.07, 6.45) is 0. The molecule has 0 aliphatic heterocycles. The van der Waals surface area contributed by atoms with Crippen molar-refractivity contribution >= 4 is 17.4 Å². The number of rotatable bonds is 2. The molecule has 0 heterocycles. The van der Waals surface area contributed by atoms with Crippen molar-refractivity contribution in [3.63, 3.8) is 0 Å². The number of guanidine groups is 1. The second-order valence-electron chi connectivity index (χ2n) is 2.64. The van der Waals surface area contributed by atoms with Gasteiger partial charge in [0.25, 0.3) is 0 Å². The lowest BCUT2D eigenvalue weighted by Gasteiger charge is -1.97. The van der Waals surface area contributed by atoms with Crippen LogP contribution in [-0.2, 0) is 0 Å². The van der Waals surface area contributed by atoms with Gasteiger partial charge in [-0.1, -0.05) is 12.1 Å². The SMILES string of the molecule is CC(=O)c1cccc(N=C(N)N)c1. The Kier molecular flexibility index (Phi) is 2.64. The number of benzene rings is 1. The molecule has 0 atom stereocenters. The fraction of sp³-hybridized carbons (Fsp3) is 0.111. The molecule has 0 unspecified atom stereocenters. The molecule has 0 aliphatic rings. The van der Waals surface area contributed by atoms with Gasteiger partial charge in [-0.25, -0.2) is 4.99 Å². The van der Waals surface area contributed by atoms with Gasteiger partial charge >= 0.3 is 0 Å². The Balaban J connectivity index is 3.06. The zero-order chi connectivity index (χ0) is 9.84. The molecule has 0 bridgehead atoms. The smallest absolute Gasteiger partial charge is 0.191 e. The van der Waals surface area contributed by atoms with Crippen molar-refractivity contribution in [1.29, 1.82) is 0 Å². The van der Waals surface area contributed by atoms with Crippen molar-refractivity contribution in [1.82, 2.24) is 0 Å². The van der Waals surface area contributed by atoms with E-state index in [1.807, 2.05) is 0 Å². The molecule has 0 saturated carbocycles. The van der Waals surface area contributed by atoms with Gasteiger partial charge in [-0.2, -0.15) is 0 Å². The van der Waals surface area contributed by atoms with E-state index >= 15 is 0 Å². The number of hydrogen-bond donors (Lipinski definition) is 2. The van der Waals surface area contributed by atoms with Gasteiger partial charge in [0.15, 0.2) is 11.7 Å². The van der Waals surface area contributed by atoms with Crippen LogP contribution in [0.4, 0.5) is 5.69 Å². The molecule has 0 amide bonds. The standard InChI is InChI=1S/C9H11N3O/c1-6(13)7-3-2-4-8(5-7)12-9(10)11/h2-5H,1H3,(H4,10,11,12). The first-order valence-electron chi connectivity index (χ1n) is 3.80. The van der Waals surface area contributed by atoms with Gasteiger partial charge in [-0.15, -0.1) is 0 Å². The first-order valence-corrected chi connectivity index (χ1v) is 3.80. The second-order valence-corrected chi connectivity index (χ2v) is 2.64. The summed E-state index contributed by atoms with van der Waals surface area (Å²) >= 11 is 0. The summed E-state index contributed by atoms with van der Waals surface area (Å²) in [5.41, 5.74) is 11.6. The van der Waals surface area contributed by atoms with Crippen molar-refractivity contribution in [3.05, 3.63) is 29.8 Å². The fourth-order valence-electron chi connectivity index (χ4n) is 0.944. The van der Waals surface area contributed by atoms with Gasteiger partial charge in [0.05, 0.1) is 5.69 Å². The number of carbonyl (C=O) groups excluding carboxylic acids is 1. The van der Waals surface area contributed by atoms with Crippen molar-refractivity contribution < 1.29 is 4.79 Å². The van der Waals surface area contributed by atoms with E-state index in [0.717, 1.165) is 0 Å². The minimum Gasteiger partial charge on any atom is -0.370 e. The van der Waals surface area contributed by atoms with Gasteiger partial charge in [0.2, 0.25) is 0 Å². The maximum atomic E-state index is 11.0. The summed E-state index contributed by atoms with van der Waals surface area (Å²) in [6.45, 7) is 1.49. The molecule has 4 nitrogen and oxygen atoms in total. The maximum absolute atomic E-state index is 11.0. The summed E-state index contributed by atoms with van der Waals surface area (Å²) in [5, 5.41) is 0. The van der Waals surface area contributed by atoms with Gasteiger partial charge in [-0.05, 0) is 19.1 Å². The highest BCUT2D eigenvalue weighted by Gasteiger charge is 1.98. The fourth-order valence-corrected chi connectivity index (χ4v) is 0.944. The van der Waals surface area contributed by atoms with Crippen molar-refractivity contribution in [2.45, 2.75) is 6.92 Å². The van der Waals surface area contributed by atoms with Crippen LogP contribution >= 0.6 is 0 Å². The van der Waals surface area contributed by atoms with Crippen molar-refractivity contribution in [3.8, 4) is 0 Å². The first kappa shape index (κ1) is 9.25. The Morgan fingerprint density at radius 1 is 1.38 bits per heavy atom. The molecule has 1 rings (SSSR count). The number of aliphatic imine (C=N–C) groups is 1. The van der Waals surface area contributed by atoms with E-state index in [0.29, 0.717) is 11.3 Å². The first-order chi connectivity index (χ1) is 6.09. The molecule has 1 aromatic carbocycles. The topological polar surface area (TPSA) is 81.5 Å². The van der Waals surface area contributed by atoms with E-state index in [-0.39, 0.29) is 11.7 Å². The van der Waals surface area contributed by atoms with E-state index in [9.17, 15) is 4.79 Å². The molecule has 0 aliphatic carbocycles. The van der Waals surface area contributed by atoms with Crippen LogP contribution in [0.15, 0.2) is 29.3 Å². The van der Waals surface area contributed by atoms with Crippen LogP contribution in [0.1, 0.15) is 17.3 Å². The van der Waals surface area contributed by atoms with Crippen LogP contribution in [-0.4, -0.2) is 11.7 Å². The zero-order valence-electron chi connectivity index (χ0n) is 7.32. The Morgan fingerprint density at radius 2 is 2.08 bits per heavy atom. The number of carbonyl (C=O) groups is 1. The third-order valence-corrected chi connectivity index (χ3v) is 1.51. The molecule has 4 heteroatoms. The van der Waals surface area contributed by atoms with E-state index in [1.165, 1.54) is 6.92 Å². The molecule has 0 spiro atoms. The van der Waals surface area contributed by atoms with E-state index in [1.54, 1.807) is 24.3 Å². The maximum Gasteiger partial charge on any atom is 0.191 e. The highest BCUT2D eigenvalue weighted by molar-refractivity contribution is 5.95. The average molecular weight is 177 g/mol. The van der Waals surface area contributed by atoms with E-state index in [2.05, 4.69) is 4.99 Å². The van der Waals surface area contributed by atoms with Gasteiger partial charge in [0, 0.05) is 5.56 Å².